The number of amides is 2. The van der Waals surface area contributed by atoms with Crippen LogP contribution in [0.5, 0.6) is 0 Å². The Bertz CT molecular complexity index is 545. The molecule has 2 N–H and O–H groups in total. The summed E-state index contributed by atoms with van der Waals surface area (Å²) >= 11 is 0. The number of benzene rings is 1. The predicted octanol–water partition coefficient (Wildman–Crippen LogP) is 4.69. The number of carbonyl (C=O) groups excluding carboxylic acids is 2. The molecular weight excluding hydrogens is 296 g/mol. The highest BCUT2D eigenvalue weighted by Crippen LogP contribution is 2.21. The summed E-state index contributed by atoms with van der Waals surface area (Å²) < 4.78 is 10.3. The number of hydrogen-bond donors (Lipinski definition) is 2. The van der Waals surface area contributed by atoms with Gasteiger partial charge in [0, 0.05) is 11.4 Å². The van der Waals surface area contributed by atoms with E-state index in [9.17, 15) is 9.59 Å². The summed E-state index contributed by atoms with van der Waals surface area (Å²) in [6.45, 7) is 9.40. The summed E-state index contributed by atoms with van der Waals surface area (Å²) in [4.78, 5) is 23.5. The maximum atomic E-state index is 11.8. The third-order valence-corrected chi connectivity index (χ3v) is 3.49. The fourth-order valence-electron chi connectivity index (χ4n) is 1.65. The Labute approximate surface area is 137 Å². The molecule has 1 aromatic rings. The molecule has 0 radical (unpaired) electrons. The molecule has 0 aromatic heterocycles. The summed E-state index contributed by atoms with van der Waals surface area (Å²) in [5.74, 6) is 0. The van der Waals surface area contributed by atoms with Crippen LogP contribution in [-0.4, -0.2) is 24.4 Å². The molecule has 0 heterocycles. The smallest absolute Gasteiger partial charge is 0.411 e. The normalized spacial score (nSPS) is 12.9. The minimum atomic E-state index is -0.517. The molecule has 0 aliphatic carbocycles. The maximum Gasteiger partial charge on any atom is 0.411 e. The molecule has 6 heteroatoms. The maximum absolute atomic E-state index is 11.8. The fraction of sp³-hybridized carbons (Fsp3) is 0.529. The zero-order chi connectivity index (χ0) is 17.4. The van der Waals surface area contributed by atoms with Gasteiger partial charge in [-0.05, 0) is 51.3 Å². The zero-order valence-electron chi connectivity index (χ0n) is 14.4. The second kappa shape index (κ2) is 9.02. The molecule has 2 atom stereocenters. The lowest BCUT2D eigenvalue weighted by molar-refractivity contribution is 0.117. The van der Waals surface area contributed by atoms with Crippen molar-refractivity contribution >= 4 is 23.6 Å². The van der Waals surface area contributed by atoms with E-state index >= 15 is 0 Å². The molecule has 0 bridgehead atoms. The van der Waals surface area contributed by atoms with Crippen LogP contribution in [0.15, 0.2) is 18.2 Å². The molecule has 0 saturated carbocycles. The summed E-state index contributed by atoms with van der Waals surface area (Å²) in [6.07, 6.45) is 0.161. The molecule has 0 unspecified atom stereocenters. The predicted molar refractivity (Wildman–Crippen MR) is 90.9 cm³/mol. The van der Waals surface area contributed by atoms with Gasteiger partial charge < -0.3 is 9.47 Å². The number of nitrogens with one attached hydrogen (secondary N) is 2. The zero-order valence-corrected chi connectivity index (χ0v) is 14.4. The molecule has 0 aliphatic heterocycles. The summed E-state index contributed by atoms with van der Waals surface area (Å²) in [5.41, 5.74) is 1.99. The van der Waals surface area contributed by atoms with Crippen LogP contribution < -0.4 is 10.6 Å². The fourth-order valence-corrected chi connectivity index (χ4v) is 1.65. The lowest BCUT2D eigenvalue weighted by Gasteiger charge is -2.15. The van der Waals surface area contributed by atoms with Crippen molar-refractivity contribution in [2.24, 2.45) is 0 Å². The van der Waals surface area contributed by atoms with E-state index in [2.05, 4.69) is 10.6 Å². The van der Waals surface area contributed by atoms with E-state index in [1.807, 2.05) is 34.6 Å². The standard InChI is InChI=1S/C17H26N2O4/c1-6-12(4)22-16(20)18-14-9-8-11(3)15(10-14)19-17(21)23-13(5)7-2/h8-10,12-13H,6-7H2,1-5H3,(H,18,20)(H,19,21)/t12-,13+/m1/s1. The van der Waals surface area contributed by atoms with Crippen LogP contribution in [0.2, 0.25) is 0 Å². The average Bonchev–Trinajstić information content (AvgIpc) is 2.50. The van der Waals surface area contributed by atoms with Crippen molar-refractivity contribution in [2.45, 2.75) is 59.7 Å². The Kier molecular flexibility index (Phi) is 7.38. The van der Waals surface area contributed by atoms with Crippen LogP contribution in [0.1, 0.15) is 46.1 Å². The van der Waals surface area contributed by atoms with E-state index in [1.54, 1.807) is 18.2 Å². The molecule has 1 rings (SSSR count). The number of ether oxygens (including phenoxy) is 2. The molecular formula is C17H26N2O4. The SMILES string of the molecule is CC[C@@H](C)OC(=O)Nc1ccc(C)c(NC(=O)O[C@@H](C)CC)c1. The quantitative estimate of drug-likeness (QED) is 0.796. The average molecular weight is 322 g/mol. The number of aryl methyl sites for hydroxylation is 1. The third-order valence-electron chi connectivity index (χ3n) is 3.49. The highest BCUT2D eigenvalue weighted by Gasteiger charge is 2.12. The molecule has 23 heavy (non-hydrogen) atoms. The Morgan fingerprint density at radius 1 is 1.00 bits per heavy atom. The van der Waals surface area contributed by atoms with Crippen molar-refractivity contribution in [2.75, 3.05) is 10.6 Å². The summed E-state index contributed by atoms with van der Waals surface area (Å²) in [5, 5.41) is 5.33. The summed E-state index contributed by atoms with van der Waals surface area (Å²) in [7, 11) is 0. The number of anilines is 2. The number of carbonyl (C=O) groups is 2. The monoisotopic (exact) mass is 322 g/mol. The van der Waals surface area contributed by atoms with Crippen LogP contribution in [0, 0.1) is 6.92 Å². The van der Waals surface area contributed by atoms with Gasteiger partial charge in [0.05, 0.1) is 0 Å². The number of rotatable bonds is 6. The van der Waals surface area contributed by atoms with Crippen LogP contribution in [-0.2, 0) is 9.47 Å². The van der Waals surface area contributed by atoms with Gasteiger partial charge in [0.15, 0.2) is 0 Å². The molecule has 0 fully saturated rings. The second-order valence-electron chi connectivity index (χ2n) is 5.53. The minimum Gasteiger partial charge on any atom is -0.446 e. The lowest BCUT2D eigenvalue weighted by atomic mass is 10.2. The van der Waals surface area contributed by atoms with E-state index in [0.29, 0.717) is 11.4 Å². The molecule has 0 spiro atoms. The van der Waals surface area contributed by atoms with E-state index in [1.165, 1.54) is 0 Å². The first-order valence-electron chi connectivity index (χ1n) is 7.91. The van der Waals surface area contributed by atoms with E-state index in [4.69, 9.17) is 9.47 Å². The van der Waals surface area contributed by atoms with Gasteiger partial charge in [-0.25, -0.2) is 9.59 Å². The Hall–Kier alpha value is -2.24. The van der Waals surface area contributed by atoms with Crippen molar-refractivity contribution in [3.63, 3.8) is 0 Å². The van der Waals surface area contributed by atoms with Crippen molar-refractivity contribution in [3.8, 4) is 0 Å². The Morgan fingerprint density at radius 3 is 2.04 bits per heavy atom. The van der Waals surface area contributed by atoms with E-state index in [0.717, 1.165) is 18.4 Å². The van der Waals surface area contributed by atoms with Gasteiger partial charge >= 0.3 is 12.2 Å². The van der Waals surface area contributed by atoms with Gasteiger partial charge in [0.1, 0.15) is 12.2 Å². The second-order valence-corrected chi connectivity index (χ2v) is 5.53. The van der Waals surface area contributed by atoms with Gasteiger partial charge in [0.25, 0.3) is 0 Å². The molecule has 2 amide bonds. The van der Waals surface area contributed by atoms with Crippen LogP contribution in [0.4, 0.5) is 21.0 Å². The molecule has 0 saturated heterocycles. The van der Waals surface area contributed by atoms with Crippen molar-refractivity contribution in [1.29, 1.82) is 0 Å². The Morgan fingerprint density at radius 2 is 1.52 bits per heavy atom. The first kappa shape index (κ1) is 18.8. The highest BCUT2D eigenvalue weighted by molar-refractivity contribution is 5.89. The van der Waals surface area contributed by atoms with Crippen molar-refractivity contribution < 1.29 is 19.1 Å². The largest absolute Gasteiger partial charge is 0.446 e. The first-order valence-corrected chi connectivity index (χ1v) is 7.91. The van der Waals surface area contributed by atoms with Gasteiger partial charge in [-0.3, -0.25) is 10.6 Å². The van der Waals surface area contributed by atoms with Crippen LogP contribution >= 0.6 is 0 Å². The van der Waals surface area contributed by atoms with Gasteiger partial charge in [0.2, 0.25) is 0 Å². The number of hydrogen-bond acceptors (Lipinski definition) is 4. The summed E-state index contributed by atoms with van der Waals surface area (Å²) in [6, 6.07) is 5.22. The molecule has 1 aromatic carbocycles. The van der Waals surface area contributed by atoms with Gasteiger partial charge in [-0.2, -0.15) is 0 Å². The van der Waals surface area contributed by atoms with Crippen molar-refractivity contribution in [1.82, 2.24) is 0 Å². The van der Waals surface area contributed by atoms with Gasteiger partial charge in [-0.1, -0.05) is 19.9 Å². The van der Waals surface area contributed by atoms with Gasteiger partial charge in [-0.15, -0.1) is 0 Å². The lowest BCUT2D eigenvalue weighted by Crippen LogP contribution is -2.21. The highest BCUT2D eigenvalue weighted by atomic mass is 16.6. The molecule has 6 nitrogen and oxygen atoms in total. The van der Waals surface area contributed by atoms with E-state index in [-0.39, 0.29) is 12.2 Å². The third kappa shape index (κ3) is 6.59. The van der Waals surface area contributed by atoms with Crippen LogP contribution in [0.3, 0.4) is 0 Å². The molecule has 0 aliphatic rings. The minimum absolute atomic E-state index is 0.149. The van der Waals surface area contributed by atoms with Crippen LogP contribution in [0.25, 0.3) is 0 Å². The van der Waals surface area contributed by atoms with Crippen molar-refractivity contribution in [3.05, 3.63) is 23.8 Å². The Balaban J connectivity index is 2.71. The molecule has 128 valence electrons. The first-order chi connectivity index (χ1) is 10.8. The van der Waals surface area contributed by atoms with E-state index < -0.39 is 12.2 Å². The topological polar surface area (TPSA) is 76.7 Å².